The van der Waals surface area contributed by atoms with Crippen molar-refractivity contribution in [1.82, 2.24) is 14.7 Å². The highest BCUT2D eigenvalue weighted by atomic mass is 16.5. The molecule has 2 rings (SSSR count). The molecule has 1 aromatic carbocycles. The summed E-state index contributed by atoms with van der Waals surface area (Å²) in [5, 5.41) is 0. The number of ether oxygens (including phenoxy) is 2. The number of piperidine rings is 1. The molecule has 1 saturated heterocycles. The quantitative estimate of drug-likeness (QED) is 0.624. The second kappa shape index (κ2) is 11.3. The summed E-state index contributed by atoms with van der Waals surface area (Å²) in [6, 6.07) is 8.22. The molecule has 1 fully saturated rings. The minimum Gasteiger partial charge on any atom is -0.496 e. The Morgan fingerprint density at radius 3 is 2.70 bits per heavy atom. The van der Waals surface area contributed by atoms with Crippen molar-refractivity contribution >= 4 is 5.91 Å². The van der Waals surface area contributed by atoms with E-state index < -0.39 is 0 Å². The van der Waals surface area contributed by atoms with Crippen molar-refractivity contribution in [1.29, 1.82) is 0 Å². The van der Waals surface area contributed by atoms with E-state index in [1.807, 2.05) is 31.1 Å². The van der Waals surface area contributed by atoms with Gasteiger partial charge >= 0.3 is 0 Å². The fourth-order valence-corrected chi connectivity index (χ4v) is 3.68. The van der Waals surface area contributed by atoms with Crippen molar-refractivity contribution in [2.75, 3.05) is 67.6 Å². The molecule has 0 aliphatic carbocycles. The van der Waals surface area contributed by atoms with E-state index in [1.54, 1.807) is 14.2 Å². The summed E-state index contributed by atoms with van der Waals surface area (Å²) >= 11 is 0. The van der Waals surface area contributed by atoms with Gasteiger partial charge in [0.1, 0.15) is 12.4 Å². The Hall–Kier alpha value is -1.63. The van der Waals surface area contributed by atoms with Crippen LogP contribution in [-0.2, 0) is 16.1 Å². The molecule has 0 radical (unpaired) electrons. The first-order chi connectivity index (χ1) is 13.0. The Bertz CT molecular complexity index is 580. The first-order valence-corrected chi connectivity index (χ1v) is 9.79. The first-order valence-electron chi connectivity index (χ1n) is 9.79. The predicted molar refractivity (Wildman–Crippen MR) is 108 cm³/mol. The number of nitrogens with zero attached hydrogens (tertiary/aromatic N) is 3. The largest absolute Gasteiger partial charge is 0.496 e. The van der Waals surface area contributed by atoms with Gasteiger partial charge in [-0.25, -0.2) is 0 Å². The second-order valence-corrected chi connectivity index (χ2v) is 7.63. The molecule has 0 saturated carbocycles. The number of carbonyl (C=O) groups is 1. The molecule has 0 N–H and O–H groups in total. The van der Waals surface area contributed by atoms with Gasteiger partial charge in [-0.1, -0.05) is 18.2 Å². The smallest absolute Gasteiger partial charge is 0.248 e. The Morgan fingerprint density at radius 1 is 1.22 bits per heavy atom. The maximum Gasteiger partial charge on any atom is 0.248 e. The number of hydrogen-bond donors (Lipinski definition) is 0. The number of amides is 1. The number of likely N-dealkylation sites (N-methyl/N-ethyl adjacent to an activating group) is 1. The molecule has 6 nitrogen and oxygen atoms in total. The summed E-state index contributed by atoms with van der Waals surface area (Å²) in [5.41, 5.74) is 1.22. The van der Waals surface area contributed by atoms with Gasteiger partial charge < -0.3 is 19.3 Å². The highest BCUT2D eigenvalue weighted by molar-refractivity contribution is 5.77. The van der Waals surface area contributed by atoms with E-state index in [4.69, 9.17) is 9.47 Å². The zero-order valence-corrected chi connectivity index (χ0v) is 17.3. The number of para-hydroxylation sites is 1. The van der Waals surface area contributed by atoms with Crippen molar-refractivity contribution in [3.8, 4) is 5.75 Å². The number of likely N-dealkylation sites (tertiary alicyclic amines) is 1. The summed E-state index contributed by atoms with van der Waals surface area (Å²) < 4.78 is 10.6. The van der Waals surface area contributed by atoms with Gasteiger partial charge in [0.15, 0.2) is 0 Å². The standard InChI is InChI=1S/C21H35N3O3/c1-22(2)12-13-24(21(25)17-26-3)15-18-8-7-11-23(14-18)16-19-9-5-6-10-20(19)27-4/h5-6,9-10,18H,7-8,11-17H2,1-4H3/t18-/m0/s1. The van der Waals surface area contributed by atoms with Crippen LogP contribution in [0.2, 0.25) is 0 Å². The van der Waals surface area contributed by atoms with E-state index >= 15 is 0 Å². The first kappa shape index (κ1) is 21.7. The maximum atomic E-state index is 12.4. The molecule has 1 aliphatic rings. The molecule has 1 aliphatic heterocycles. The fourth-order valence-electron chi connectivity index (χ4n) is 3.68. The molecule has 0 unspecified atom stereocenters. The lowest BCUT2D eigenvalue weighted by molar-refractivity contribution is -0.136. The zero-order valence-electron chi connectivity index (χ0n) is 17.3. The third-order valence-electron chi connectivity index (χ3n) is 5.11. The van der Waals surface area contributed by atoms with E-state index in [-0.39, 0.29) is 12.5 Å². The third kappa shape index (κ3) is 7.13. The van der Waals surface area contributed by atoms with Crippen LogP contribution in [0, 0.1) is 5.92 Å². The average molecular weight is 378 g/mol. The number of hydrogen-bond acceptors (Lipinski definition) is 5. The average Bonchev–Trinajstić information content (AvgIpc) is 2.66. The number of benzene rings is 1. The van der Waals surface area contributed by atoms with Crippen LogP contribution < -0.4 is 4.74 Å². The second-order valence-electron chi connectivity index (χ2n) is 7.63. The van der Waals surface area contributed by atoms with Crippen LogP contribution in [0.25, 0.3) is 0 Å². The van der Waals surface area contributed by atoms with E-state index in [2.05, 4.69) is 21.9 Å². The molecule has 6 heteroatoms. The van der Waals surface area contributed by atoms with Gasteiger partial charge in [-0.05, 0) is 45.5 Å². The summed E-state index contributed by atoms with van der Waals surface area (Å²) in [6.45, 7) is 5.58. The maximum absolute atomic E-state index is 12.4. The van der Waals surface area contributed by atoms with Crippen LogP contribution >= 0.6 is 0 Å². The molecule has 1 atom stereocenters. The van der Waals surface area contributed by atoms with Crippen LogP contribution in [0.5, 0.6) is 5.75 Å². The number of carbonyl (C=O) groups excluding carboxylic acids is 1. The molecule has 27 heavy (non-hydrogen) atoms. The van der Waals surface area contributed by atoms with Gasteiger partial charge in [0, 0.05) is 45.4 Å². The SMILES string of the molecule is COCC(=O)N(CCN(C)C)C[C@H]1CCCN(Cc2ccccc2OC)C1. The highest BCUT2D eigenvalue weighted by Crippen LogP contribution is 2.24. The normalized spacial score (nSPS) is 17.9. The minimum atomic E-state index is 0.0844. The Balaban J connectivity index is 1.95. The molecule has 0 aromatic heterocycles. The van der Waals surface area contributed by atoms with E-state index in [0.717, 1.165) is 45.0 Å². The van der Waals surface area contributed by atoms with Crippen molar-refractivity contribution in [3.63, 3.8) is 0 Å². The Morgan fingerprint density at radius 2 is 2.00 bits per heavy atom. The van der Waals surface area contributed by atoms with Crippen molar-refractivity contribution < 1.29 is 14.3 Å². The number of methoxy groups -OCH3 is 2. The van der Waals surface area contributed by atoms with Crippen molar-refractivity contribution in [2.24, 2.45) is 5.92 Å². The zero-order chi connectivity index (χ0) is 19.6. The van der Waals surface area contributed by atoms with Gasteiger partial charge in [-0.3, -0.25) is 9.69 Å². The third-order valence-corrected chi connectivity index (χ3v) is 5.11. The van der Waals surface area contributed by atoms with Gasteiger partial charge in [0.05, 0.1) is 7.11 Å². The highest BCUT2D eigenvalue weighted by Gasteiger charge is 2.25. The lowest BCUT2D eigenvalue weighted by Crippen LogP contribution is -2.45. The Kier molecular flexibility index (Phi) is 9.04. The summed E-state index contributed by atoms with van der Waals surface area (Å²) in [4.78, 5) is 19.0. The molecule has 1 amide bonds. The monoisotopic (exact) mass is 377 g/mol. The summed E-state index contributed by atoms with van der Waals surface area (Å²) in [7, 11) is 7.38. The fraction of sp³-hybridized carbons (Fsp3) is 0.667. The van der Waals surface area contributed by atoms with Gasteiger partial charge in [-0.2, -0.15) is 0 Å². The van der Waals surface area contributed by atoms with Crippen LogP contribution in [0.3, 0.4) is 0 Å². The summed E-state index contributed by atoms with van der Waals surface area (Å²) in [5.74, 6) is 1.53. The van der Waals surface area contributed by atoms with Crippen molar-refractivity contribution in [2.45, 2.75) is 19.4 Å². The molecule has 152 valence electrons. The molecular weight excluding hydrogens is 342 g/mol. The predicted octanol–water partition coefficient (Wildman–Crippen LogP) is 1.94. The lowest BCUT2D eigenvalue weighted by Gasteiger charge is -2.36. The lowest BCUT2D eigenvalue weighted by atomic mass is 9.96. The van der Waals surface area contributed by atoms with Crippen LogP contribution in [-0.4, -0.2) is 88.3 Å². The Labute approximate surface area is 164 Å². The molecule has 1 heterocycles. The molecule has 1 aromatic rings. The van der Waals surface area contributed by atoms with Crippen molar-refractivity contribution in [3.05, 3.63) is 29.8 Å². The summed E-state index contributed by atoms with van der Waals surface area (Å²) in [6.07, 6.45) is 2.33. The van der Waals surface area contributed by atoms with E-state index in [0.29, 0.717) is 5.92 Å². The van der Waals surface area contributed by atoms with E-state index in [9.17, 15) is 4.79 Å². The van der Waals surface area contributed by atoms with Gasteiger partial charge in [0.25, 0.3) is 0 Å². The van der Waals surface area contributed by atoms with Gasteiger partial charge in [0.2, 0.25) is 5.91 Å². The van der Waals surface area contributed by atoms with Crippen LogP contribution in [0.4, 0.5) is 0 Å². The molecular formula is C21H35N3O3. The molecule has 0 spiro atoms. The van der Waals surface area contributed by atoms with Gasteiger partial charge in [-0.15, -0.1) is 0 Å². The number of rotatable bonds is 10. The van der Waals surface area contributed by atoms with E-state index in [1.165, 1.54) is 18.4 Å². The topological polar surface area (TPSA) is 45.2 Å². The van der Waals surface area contributed by atoms with Crippen LogP contribution in [0.1, 0.15) is 18.4 Å². The minimum absolute atomic E-state index is 0.0844. The van der Waals surface area contributed by atoms with Crippen LogP contribution in [0.15, 0.2) is 24.3 Å². The molecule has 0 bridgehead atoms.